The lowest BCUT2D eigenvalue weighted by atomic mass is 10.1. The lowest BCUT2D eigenvalue weighted by molar-refractivity contribution is -0.0440. The number of hydrogen-bond acceptors (Lipinski definition) is 5. The molecule has 9 heteroatoms. The first-order chi connectivity index (χ1) is 14.1. The van der Waals surface area contributed by atoms with E-state index in [-0.39, 0.29) is 41.3 Å². The van der Waals surface area contributed by atoms with Crippen LogP contribution in [0.3, 0.4) is 0 Å². The molecule has 30 heavy (non-hydrogen) atoms. The summed E-state index contributed by atoms with van der Waals surface area (Å²) >= 11 is 0. The molecule has 1 fully saturated rings. The lowest BCUT2D eigenvalue weighted by Crippen LogP contribution is -2.48. The summed E-state index contributed by atoms with van der Waals surface area (Å²) in [6.07, 6.45) is -0.392. The summed E-state index contributed by atoms with van der Waals surface area (Å²) in [6, 6.07) is 10.1. The van der Waals surface area contributed by atoms with Crippen molar-refractivity contribution in [2.45, 2.75) is 37.9 Å². The van der Waals surface area contributed by atoms with Crippen LogP contribution in [0.5, 0.6) is 0 Å². The molecule has 1 heterocycles. The van der Waals surface area contributed by atoms with Gasteiger partial charge in [0.25, 0.3) is 5.91 Å². The number of rotatable bonds is 5. The first-order valence-electron chi connectivity index (χ1n) is 9.49. The van der Waals surface area contributed by atoms with Crippen LogP contribution in [0, 0.1) is 6.92 Å². The van der Waals surface area contributed by atoms with Gasteiger partial charge in [-0.2, -0.15) is 4.31 Å². The summed E-state index contributed by atoms with van der Waals surface area (Å²) in [5.41, 5.74) is 1.42. The Balaban J connectivity index is 1.78. The molecular weight excluding hydrogens is 408 g/mol. The summed E-state index contributed by atoms with van der Waals surface area (Å²) in [4.78, 5) is 23.8. The molecule has 2 N–H and O–H groups in total. The molecule has 0 aliphatic carbocycles. The van der Waals surface area contributed by atoms with E-state index in [1.165, 1.54) is 40.7 Å². The van der Waals surface area contributed by atoms with Gasteiger partial charge in [0.1, 0.15) is 0 Å². The van der Waals surface area contributed by atoms with Crippen molar-refractivity contribution in [2.24, 2.45) is 0 Å². The summed E-state index contributed by atoms with van der Waals surface area (Å²) in [7, 11) is -3.69. The van der Waals surface area contributed by atoms with E-state index < -0.39 is 21.9 Å². The van der Waals surface area contributed by atoms with Gasteiger partial charge in [0.2, 0.25) is 10.0 Å². The number of aryl methyl sites for hydroxylation is 1. The highest BCUT2D eigenvalue weighted by Gasteiger charge is 2.32. The Bertz CT molecular complexity index is 1060. The Hall–Kier alpha value is -2.75. The fourth-order valence-corrected chi connectivity index (χ4v) is 4.93. The molecule has 0 bridgehead atoms. The summed E-state index contributed by atoms with van der Waals surface area (Å²) < 4.78 is 32.8. The van der Waals surface area contributed by atoms with Crippen molar-refractivity contribution < 1.29 is 27.9 Å². The minimum atomic E-state index is -3.69. The van der Waals surface area contributed by atoms with Crippen LogP contribution in [0.1, 0.15) is 40.1 Å². The molecule has 0 spiro atoms. The van der Waals surface area contributed by atoms with Crippen LogP contribution in [-0.2, 0) is 14.8 Å². The van der Waals surface area contributed by atoms with E-state index in [0.29, 0.717) is 11.3 Å². The molecule has 0 radical (unpaired) electrons. The normalized spacial score (nSPS) is 20.0. The second-order valence-electron chi connectivity index (χ2n) is 7.39. The van der Waals surface area contributed by atoms with Crippen molar-refractivity contribution in [3.8, 4) is 0 Å². The molecule has 1 aliphatic heterocycles. The van der Waals surface area contributed by atoms with Gasteiger partial charge in [-0.1, -0.05) is 6.07 Å². The van der Waals surface area contributed by atoms with E-state index in [4.69, 9.17) is 9.84 Å². The third kappa shape index (κ3) is 4.69. The maximum Gasteiger partial charge on any atom is 0.335 e. The van der Waals surface area contributed by atoms with Crippen molar-refractivity contribution in [1.82, 2.24) is 4.31 Å². The largest absolute Gasteiger partial charge is 0.478 e. The number of amides is 1. The third-order valence-electron chi connectivity index (χ3n) is 4.87. The maximum atomic E-state index is 12.9. The van der Waals surface area contributed by atoms with Crippen molar-refractivity contribution >= 4 is 27.6 Å². The number of nitrogens with one attached hydrogen (secondary N) is 1. The van der Waals surface area contributed by atoms with E-state index in [9.17, 15) is 18.0 Å². The van der Waals surface area contributed by atoms with E-state index in [1.807, 2.05) is 13.8 Å². The minimum absolute atomic E-state index is 0.0614. The predicted octanol–water partition coefficient (Wildman–Crippen LogP) is 2.74. The average Bonchev–Trinajstić information content (AvgIpc) is 2.68. The standard InChI is InChI=1S/C21H24N2O6S/c1-13-4-5-17(21(25)26)10-19(13)22-20(24)16-6-8-18(9-7-16)30(27,28)23-11-14(2)29-15(3)12-23/h4-10,14-15H,11-12H2,1-3H3,(H,22,24)(H,25,26). The SMILES string of the molecule is Cc1ccc(C(=O)O)cc1NC(=O)c1ccc(S(=O)(=O)N2CC(C)OC(C)C2)cc1. The summed E-state index contributed by atoms with van der Waals surface area (Å²) in [5.74, 6) is -1.55. The molecule has 0 aromatic heterocycles. The van der Waals surface area contributed by atoms with Gasteiger partial charge in [0.05, 0.1) is 22.7 Å². The Morgan fingerprint density at radius 1 is 1.03 bits per heavy atom. The van der Waals surface area contributed by atoms with Gasteiger partial charge in [-0.25, -0.2) is 13.2 Å². The number of aromatic carboxylic acids is 1. The zero-order chi connectivity index (χ0) is 22.1. The molecule has 160 valence electrons. The number of sulfonamides is 1. The van der Waals surface area contributed by atoms with Gasteiger partial charge >= 0.3 is 5.97 Å². The van der Waals surface area contributed by atoms with Crippen LogP contribution in [0.25, 0.3) is 0 Å². The number of benzene rings is 2. The average molecular weight is 432 g/mol. The van der Waals surface area contributed by atoms with Crippen LogP contribution in [-0.4, -0.2) is 55.0 Å². The monoisotopic (exact) mass is 432 g/mol. The van der Waals surface area contributed by atoms with Crippen molar-refractivity contribution in [1.29, 1.82) is 0 Å². The molecule has 2 atom stereocenters. The van der Waals surface area contributed by atoms with E-state index in [2.05, 4.69) is 5.32 Å². The Morgan fingerprint density at radius 2 is 1.60 bits per heavy atom. The fourth-order valence-electron chi connectivity index (χ4n) is 3.34. The van der Waals surface area contributed by atoms with Gasteiger partial charge < -0.3 is 15.2 Å². The number of carboxylic acids is 1. The maximum absolute atomic E-state index is 12.9. The molecule has 2 aromatic carbocycles. The first kappa shape index (κ1) is 21.9. The Morgan fingerprint density at radius 3 is 2.17 bits per heavy atom. The second kappa shape index (κ2) is 8.55. The molecule has 2 unspecified atom stereocenters. The topological polar surface area (TPSA) is 113 Å². The van der Waals surface area contributed by atoms with Crippen molar-refractivity contribution in [3.63, 3.8) is 0 Å². The summed E-state index contributed by atoms with van der Waals surface area (Å²) in [5, 5.41) is 11.8. The van der Waals surface area contributed by atoms with E-state index >= 15 is 0 Å². The Kier molecular flexibility index (Phi) is 6.25. The van der Waals surface area contributed by atoms with Crippen LogP contribution in [0.2, 0.25) is 0 Å². The van der Waals surface area contributed by atoms with Gasteiger partial charge in [-0.15, -0.1) is 0 Å². The molecule has 8 nitrogen and oxygen atoms in total. The van der Waals surface area contributed by atoms with Crippen molar-refractivity contribution in [2.75, 3.05) is 18.4 Å². The van der Waals surface area contributed by atoms with E-state index in [0.717, 1.165) is 0 Å². The number of morpholine rings is 1. The van der Waals surface area contributed by atoms with Gasteiger partial charge in [0.15, 0.2) is 0 Å². The number of hydrogen-bond donors (Lipinski definition) is 2. The number of ether oxygens (including phenoxy) is 1. The van der Waals surface area contributed by atoms with Crippen molar-refractivity contribution in [3.05, 3.63) is 59.2 Å². The smallest absolute Gasteiger partial charge is 0.335 e. The number of carbonyl (C=O) groups is 2. The van der Waals surface area contributed by atoms with Crippen LogP contribution >= 0.6 is 0 Å². The van der Waals surface area contributed by atoms with Gasteiger partial charge in [-0.3, -0.25) is 4.79 Å². The number of carboxylic acid groups (broad SMARTS) is 1. The number of nitrogens with zero attached hydrogens (tertiary/aromatic N) is 1. The highest BCUT2D eigenvalue weighted by atomic mass is 32.2. The third-order valence-corrected chi connectivity index (χ3v) is 6.72. The number of anilines is 1. The van der Waals surface area contributed by atoms with E-state index in [1.54, 1.807) is 13.0 Å². The Labute approximate surface area is 175 Å². The minimum Gasteiger partial charge on any atom is -0.478 e. The fraction of sp³-hybridized carbons (Fsp3) is 0.333. The molecule has 0 saturated carbocycles. The molecule has 1 amide bonds. The molecule has 1 aliphatic rings. The molecule has 2 aromatic rings. The molecule has 1 saturated heterocycles. The molecule has 3 rings (SSSR count). The highest BCUT2D eigenvalue weighted by molar-refractivity contribution is 7.89. The van der Waals surface area contributed by atoms with Gasteiger partial charge in [-0.05, 0) is 62.7 Å². The van der Waals surface area contributed by atoms with Crippen LogP contribution in [0.4, 0.5) is 5.69 Å². The summed E-state index contributed by atoms with van der Waals surface area (Å²) in [6.45, 7) is 5.95. The number of carbonyl (C=O) groups excluding carboxylic acids is 1. The zero-order valence-corrected chi connectivity index (χ0v) is 17.8. The lowest BCUT2D eigenvalue weighted by Gasteiger charge is -2.34. The zero-order valence-electron chi connectivity index (χ0n) is 17.0. The van der Waals surface area contributed by atoms with Crippen LogP contribution < -0.4 is 5.32 Å². The first-order valence-corrected chi connectivity index (χ1v) is 10.9. The highest BCUT2D eigenvalue weighted by Crippen LogP contribution is 2.22. The quantitative estimate of drug-likeness (QED) is 0.751. The molecular formula is C21H24N2O6S. The second-order valence-corrected chi connectivity index (χ2v) is 9.33. The van der Waals surface area contributed by atoms with Crippen LogP contribution in [0.15, 0.2) is 47.4 Å². The van der Waals surface area contributed by atoms with Gasteiger partial charge in [0, 0.05) is 24.3 Å². The predicted molar refractivity (Wildman–Crippen MR) is 111 cm³/mol.